The normalized spacial score (nSPS) is 10.0. The molecule has 0 saturated carbocycles. The number of hydrogen-bond acceptors (Lipinski definition) is 3. The van der Waals surface area contributed by atoms with Gasteiger partial charge in [0.2, 0.25) is 0 Å². The number of hydrogen-bond donors (Lipinski definition) is 0. The quantitative estimate of drug-likeness (QED) is 0.334. The van der Waals surface area contributed by atoms with Crippen molar-refractivity contribution in [3.05, 3.63) is 25.3 Å². The van der Waals surface area contributed by atoms with E-state index in [1.165, 1.54) is 0 Å². The molecule has 0 aliphatic carbocycles. The third-order valence-electron chi connectivity index (χ3n) is 1.96. The molecule has 0 heterocycles. The third kappa shape index (κ3) is 7.94. The van der Waals surface area contributed by atoms with E-state index in [-0.39, 0.29) is 12.1 Å². The molecule has 0 saturated heterocycles. The molecule has 3 heteroatoms. The first kappa shape index (κ1) is 13.9. The highest BCUT2D eigenvalue weighted by Crippen LogP contribution is 2.04. The molecule has 0 aromatic rings. The van der Waals surface area contributed by atoms with Crippen molar-refractivity contribution < 1.29 is 14.3 Å². The van der Waals surface area contributed by atoms with Crippen LogP contribution in [0.2, 0.25) is 0 Å². The standard InChI is InChI=1S/C12H20O3/c1-4-11(5-2)15-12(13)9-7-6-8-10-14-3/h4-5,11H,1-2,6-10H2,3H3. The Bertz CT molecular complexity index is 191. The van der Waals surface area contributed by atoms with Crippen molar-refractivity contribution in [3.63, 3.8) is 0 Å². The lowest BCUT2D eigenvalue weighted by Gasteiger charge is -2.09. The van der Waals surface area contributed by atoms with Crippen LogP contribution in [0.5, 0.6) is 0 Å². The van der Waals surface area contributed by atoms with Crippen LogP contribution in [0.1, 0.15) is 25.7 Å². The van der Waals surface area contributed by atoms with Crippen LogP contribution in [0.3, 0.4) is 0 Å². The van der Waals surface area contributed by atoms with Crippen molar-refractivity contribution in [2.24, 2.45) is 0 Å². The lowest BCUT2D eigenvalue weighted by Crippen LogP contribution is -2.13. The number of carbonyl (C=O) groups is 1. The zero-order valence-electron chi connectivity index (χ0n) is 9.41. The second kappa shape index (κ2) is 9.46. The summed E-state index contributed by atoms with van der Waals surface area (Å²) >= 11 is 0. The molecule has 0 N–H and O–H groups in total. The molecule has 0 aliphatic rings. The van der Waals surface area contributed by atoms with Gasteiger partial charge in [-0.3, -0.25) is 4.79 Å². The average molecular weight is 212 g/mol. The summed E-state index contributed by atoms with van der Waals surface area (Å²) < 4.78 is 9.95. The van der Waals surface area contributed by atoms with Gasteiger partial charge in [-0.25, -0.2) is 0 Å². The Morgan fingerprint density at radius 3 is 2.47 bits per heavy atom. The molecule has 0 bridgehead atoms. The summed E-state index contributed by atoms with van der Waals surface area (Å²) in [5.41, 5.74) is 0. The summed E-state index contributed by atoms with van der Waals surface area (Å²) in [5.74, 6) is -0.197. The molecule has 0 atom stereocenters. The molecule has 0 rings (SSSR count). The molecule has 0 amide bonds. The second-order valence-corrected chi connectivity index (χ2v) is 3.23. The fourth-order valence-electron chi connectivity index (χ4n) is 1.10. The predicted molar refractivity (Wildman–Crippen MR) is 60.6 cm³/mol. The van der Waals surface area contributed by atoms with Gasteiger partial charge in [0, 0.05) is 20.1 Å². The minimum atomic E-state index is -0.364. The molecule has 0 aliphatic heterocycles. The van der Waals surface area contributed by atoms with Gasteiger partial charge in [0.05, 0.1) is 0 Å². The SMILES string of the molecule is C=CC(C=C)OC(=O)CCCCCOC. The van der Waals surface area contributed by atoms with Crippen LogP contribution in [0.4, 0.5) is 0 Å². The van der Waals surface area contributed by atoms with Crippen LogP contribution in [0.15, 0.2) is 25.3 Å². The van der Waals surface area contributed by atoms with E-state index < -0.39 is 0 Å². The lowest BCUT2D eigenvalue weighted by molar-refractivity contribution is -0.145. The maximum Gasteiger partial charge on any atom is 0.306 e. The zero-order valence-corrected chi connectivity index (χ0v) is 9.41. The molecule has 15 heavy (non-hydrogen) atoms. The highest BCUT2D eigenvalue weighted by atomic mass is 16.5. The van der Waals surface area contributed by atoms with Crippen molar-refractivity contribution in [3.8, 4) is 0 Å². The second-order valence-electron chi connectivity index (χ2n) is 3.23. The predicted octanol–water partition coefficient (Wildman–Crippen LogP) is 2.48. The monoisotopic (exact) mass is 212 g/mol. The van der Waals surface area contributed by atoms with Crippen LogP contribution in [0.25, 0.3) is 0 Å². The molecule has 0 aromatic heterocycles. The van der Waals surface area contributed by atoms with Crippen molar-refractivity contribution in [2.75, 3.05) is 13.7 Å². The van der Waals surface area contributed by atoms with Gasteiger partial charge in [0.1, 0.15) is 6.10 Å². The molecule has 0 unspecified atom stereocenters. The smallest absolute Gasteiger partial charge is 0.306 e. The Hall–Kier alpha value is -1.09. The van der Waals surface area contributed by atoms with Gasteiger partial charge in [0.25, 0.3) is 0 Å². The topological polar surface area (TPSA) is 35.5 Å². The fraction of sp³-hybridized carbons (Fsp3) is 0.583. The summed E-state index contributed by atoms with van der Waals surface area (Å²) in [6, 6.07) is 0. The summed E-state index contributed by atoms with van der Waals surface area (Å²) in [6.45, 7) is 7.83. The Morgan fingerprint density at radius 2 is 1.93 bits per heavy atom. The summed E-state index contributed by atoms with van der Waals surface area (Å²) in [4.78, 5) is 11.3. The number of ether oxygens (including phenoxy) is 2. The highest BCUT2D eigenvalue weighted by molar-refractivity contribution is 5.69. The zero-order chi connectivity index (χ0) is 11.5. The first-order valence-electron chi connectivity index (χ1n) is 5.18. The van der Waals surface area contributed by atoms with Crippen LogP contribution < -0.4 is 0 Å². The van der Waals surface area contributed by atoms with E-state index in [1.54, 1.807) is 19.3 Å². The van der Waals surface area contributed by atoms with Gasteiger partial charge in [-0.2, -0.15) is 0 Å². The van der Waals surface area contributed by atoms with E-state index in [0.717, 1.165) is 25.9 Å². The van der Waals surface area contributed by atoms with E-state index in [4.69, 9.17) is 9.47 Å². The van der Waals surface area contributed by atoms with Crippen LogP contribution >= 0.6 is 0 Å². The molecule has 0 spiro atoms. The number of unbranched alkanes of at least 4 members (excludes halogenated alkanes) is 2. The van der Waals surface area contributed by atoms with Crippen molar-refractivity contribution in [1.82, 2.24) is 0 Å². The van der Waals surface area contributed by atoms with Crippen molar-refractivity contribution >= 4 is 5.97 Å². The molecule has 0 radical (unpaired) electrons. The van der Waals surface area contributed by atoms with Crippen LogP contribution in [-0.4, -0.2) is 25.8 Å². The van der Waals surface area contributed by atoms with Gasteiger partial charge in [-0.1, -0.05) is 19.6 Å². The maximum atomic E-state index is 11.3. The lowest BCUT2D eigenvalue weighted by atomic mass is 10.2. The Kier molecular flexibility index (Phi) is 8.78. The molecule has 0 fully saturated rings. The summed E-state index contributed by atoms with van der Waals surface area (Å²) in [7, 11) is 1.67. The first-order chi connectivity index (χ1) is 7.24. The molecular formula is C12H20O3. The number of methoxy groups -OCH3 is 1. The average Bonchev–Trinajstić information content (AvgIpc) is 2.25. The summed E-state index contributed by atoms with van der Waals surface area (Å²) in [5, 5.41) is 0. The fourth-order valence-corrected chi connectivity index (χ4v) is 1.10. The van der Waals surface area contributed by atoms with Crippen molar-refractivity contribution in [2.45, 2.75) is 31.8 Å². The third-order valence-corrected chi connectivity index (χ3v) is 1.96. The summed E-state index contributed by atoms with van der Waals surface area (Å²) in [6.07, 6.45) is 5.99. The van der Waals surface area contributed by atoms with Crippen LogP contribution in [0, 0.1) is 0 Å². The molecule has 3 nitrogen and oxygen atoms in total. The van der Waals surface area contributed by atoms with E-state index in [9.17, 15) is 4.79 Å². The highest BCUT2D eigenvalue weighted by Gasteiger charge is 2.06. The largest absolute Gasteiger partial charge is 0.454 e. The Balaban J connectivity index is 3.48. The first-order valence-corrected chi connectivity index (χ1v) is 5.18. The maximum absolute atomic E-state index is 11.3. The number of esters is 1. The van der Waals surface area contributed by atoms with E-state index in [0.29, 0.717) is 6.42 Å². The van der Waals surface area contributed by atoms with E-state index in [2.05, 4.69) is 13.2 Å². The minimum Gasteiger partial charge on any atom is -0.454 e. The van der Waals surface area contributed by atoms with Gasteiger partial charge in [-0.05, 0) is 25.0 Å². The van der Waals surface area contributed by atoms with E-state index >= 15 is 0 Å². The van der Waals surface area contributed by atoms with Gasteiger partial charge >= 0.3 is 5.97 Å². The van der Waals surface area contributed by atoms with Gasteiger partial charge < -0.3 is 9.47 Å². The number of rotatable bonds is 9. The van der Waals surface area contributed by atoms with Crippen molar-refractivity contribution in [1.29, 1.82) is 0 Å². The molecular weight excluding hydrogens is 192 g/mol. The van der Waals surface area contributed by atoms with Gasteiger partial charge in [0.15, 0.2) is 0 Å². The molecule has 0 aromatic carbocycles. The van der Waals surface area contributed by atoms with E-state index in [1.807, 2.05) is 0 Å². The van der Waals surface area contributed by atoms with Gasteiger partial charge in [-0.15, -0.1) is 0 Å². The van der Waals surface area contributed by atoms with Crippen LogP contribution in [-0.2, 0) is 14.3 Å². The Morgan fingerprint density at radius 1 is 1.27 bits per heavy atom. The Labute approximate surface area is 91.8 Å². The minimum absolute atomic E-state index is 0.197. The molecule has 86 valence electrons. The number of carbonyl (C=O) groups excluding carboxylic acids is 1.